The molecule has 1 saturated carbocycles. The molecule has 6 heteroatoms. The lowest BCUT2D eigenvalue weighted by atomic mass is 10.0. The van der Waals surface area contributed by atoms with Crippen molar-refractivity contribution in [3.05, 3.63) is 89.3 Å². The Bertz CT molecular complexity index is 1310. The second-order valence-electron chi connectivity index (χ2n) is 10.1. The van der Waals surface area contributed by atoms with Crippen LogP contribution in [0.2, 0.25) is 0 Å². The number of imidazole rings is 1. The number of carbonyl (C=O) groups is 1. The zero-order chi connectivity index (χ0) is 23.4. The summed E-state index contributed by atoms with van der Waals surface area (Å²) in [5.41, 5.74) is 7.28. The van der Waals surface area contributed by atoms with Gasteiger partial charge in [0.25, 0.3) is 5.91 Å². The first-order valence-electron chi connectivity index (χ1n) is 12.3. The van der Waals surface area contributed by atoms with Crippen LogP contribution >= 0.6 is 0 Å². The molecule has 5 heterocycles. The summed E-state index contributed by atoms with van der Waals surface area (Å²) in [6, 6.07) is 3.06. The summed E-state index contributed by atoms with van der Waals surface area (Å²) < 4.78 is 2.12. The molecule has 2 aromatic heterocycles. The number of allylic oxidation sites excluding steroid dienone is 6. The van der Waals surface area contributed by atoms with E-state index in [4.69, 9.17) is 4.98 Å². The summed E-state index contributed by atoms with van der Waals surface area (Å²) in [5, 5.41) is 3.58. The summed E-state index contributed by atoms with van der Waals surface area (Å²) in [4.78, 5) is 22.4. The molecule has 2 aromatic rings. The van der Waals surface area contributed by atoms with Crippen molar-refractivity contribution < 1.29 is 4.79 Å². The zero-order valence-electron chi connectivity index (χ0n) is 20.0. The Morgan fingerprint density at radius 3 is 2.56 bits per heavy atom. The Kier molecular flexibility index (Phi) is 5.06. The van der Waals surface area contributed by atoms with Gasteiger partial charge in [-0.2, -0.15) is 0 Å². The Labute approximate surface area is 200 Å². The summed E-state index contributed by atoms with van der Waals surface area (Å²) in [7, 11) is 0. The molecule has 34 heavy (non-hydrogen) atoms. The first-order valence-corrected chi connectivity index (χ1v) is 12.3. The minimum atomic E-state index is -0.0291. The van der Waals surface area contributed by atoms with Crippen LogP contribution in [0.3, 0.4) is 0 Å². The van der Waals surface area contributed by atoms with Gasteiger partial charge in [-0.15, -0.1) is 0 Å². The van der Waals surface area contributed by atoms with Crippen LogP contribution in [0.5, 0.6) is 0 Å². The minimum absolute atomic E-state index is 0.0291. The molecule has 2 atom stereocenters. The van der Waals surface area contributed by atoms with E-state index in [2.05, 4.69) is 53.0 Å². The number of aryl methyl sites for hydroxylation is 1. The molecule has 3 aliphatic heterocycles. The van der Waals surface area contributed by atoms with Crippen molar-refractivity contribution in [2.75, 3.05) is 13.1 Å². The molecule has 1 amide bonds. The van der Waals surface area contributed by atoms with Gasteiger partial charge in [0, 0.05) is 55.5 Å². The van der Waals surface area contributed by atoms with E-state index in [-0.39, 0.29) is 5.91 Å². The standard InChI is InChI=1S/C28H31N5O/c1-18-13-31(14-19(2)29-18)25-10-9-24-6-4-5-22(12-27(34)33(24)17-25)23-11-26(21-7-8-21)28-30-20(3)15-32(28)16-23/h4-6,9-12,15-19,21,29H,7-8,13-14H2,1-3H3/b5-4+,22-12+,24-6+/t18-,19+. The second-order valence-corrected chi connectivity index (χ2v) is 10.1. The van der Waals surface area contributed by atoms with Crippen LogP contribution in [-0.4, -0.2) is 50.3 Å². The van der Waals surface area contributed by atoms with Crippen molar-refractivity contribution in [2.45, 2.75) is 51.6 Å². The highest BCUT2D eigenvalue weighted by atomic mass is 16.2. The van der Waals surface area contributed by atoms with Gasteiger partial charge >= 0.3 is 0 Å². The molecule has 0 aromatic carbocycles. The number of nitrogens with zero attached hydrogens (tertiary/aromatic N) is 4. The molecule has 1 N–H and O–H groups in total. The van der Waals surface area contributed by atoms with Gasteiger partial charge in [-0.3, -0.25) is 9.69 Å². The molecule has 1 aliphatic carbocycles. The van der Waals surface area contributed by atoms with Crippen molar-refractivity contribution >= 4 is 17.1 Å². The van der Waals surface area contributed by atoms with Gasteiger partial charge in [0.2, 0.25) is 0 Å². The Morgan fingerprint density at radius 2 is 1.79 bits per heavy atom. The summed E-state index contributed by atoms with van der Waals surface area (Å²) in [5.74, 6) is 0.546. The largest absolute Gasteiger partial charge is 0.367 e. The maximum Gasteiger partial charge on any atom is 0.255 e. The molecular weight excluding hydrogens is 422 g/mol. The number of hydrogen-bond donors (Lipinski definition) is 1. The van der Waals surface area contributed by atoms with Gasteiger partial charge in [-0.1, -0.05) is 12.2 Å². The third kappa shape index (κ3) is 3.92. The number of carbonyl (C=O) groups excluding carboxylic acids is 1. The van der Waals surface area contributed by atoms with Gasteiger partial charge < -0.3 is 14.6 Å². The van der Waals surface area contributed by atoms with Crippen LogP contribution in [0, 0.1) is 6.92 Å². The number of fused-ring (bicyclic) bond motifs is 2. The fourth-order valence-corrected chi connectivity index (χ4v) is 5.33. The van der Waals surface area contributed by atoms with Crippen LogP contribution in [0.15, 0.2) is 72.5 Å². The van der Waals surface area contributed by atoms with Gasteiger partial charge in [-0.25, -0.2) is 4.98 Å². The Balaban J connectivity index is 1.35. The van der Waals surface area contributed by atoms with E-state index in [0.29, 0.717) is 18.0 Å². The van der Waals surface area contributed by atoms with E-state index in [1.54, 1.807) is 11.0 Å². The van der Waals surface area contributed by atoms with Crippen molar-refractivity contribution in [3.63, 3.8) is 0 Å². The monoisotopic (exact) mass is 453 g/mol. The number of amides is 1. The molecule has 6 rings (SSSR count). The maximum atomic E-state index is 13.5. The first-order chi connectivity index (χ1) is 16.4. The SMILES string of the molecule is Cc1cn2cc(C3=C\C(=O)N4C=C(N5C[C@@H](C)N[C@@H](C)C5)C=C\C4=C/C=C/3)cc(C3CC3)c2n1. The van der Waals surface area contributed by atoms with E-state index in [0.717, 1.165) is 47.0 Å². The van der Waals surface area contributed by atoms with Crippen LogP contribution in [0.1, 0.15) is 49.4 Å². The molecule has 0 unspecified atom stereocenters. The molecule has 0 bridgehead atoms. The maximum absolute atomic E-state index is 13.5. The molecule has 2 fully saturated rings. The van der Waals surface area contributed by atoms with E-state index < -0.39 is 0 Å². The van der Waals surface area contributed by atoms with Crippen molar-refractivity contribution in [2.24, 2.45) is 0 Å². The van der Waals surface area contributed by atoms with Crippen molar-refractivity contribution in [1.82, 2.24) is 24.5 Å². The average Bonchev–Trinajstić information content (AvgIpc) is 3.56. The number of nitrogens with one attached hydrogen (secondary N) is 1. The van der Waals surface area contributed by atoms with E-state index in [1.807, 2.05) is 37.4 Å². The highest BCUT2D eigenvalue weighted by Gasteiger charge is 2.28. The Hall–Kier alpha value is -3.38. The first kappa shape index (κ1) is 21.2. The van der Waals surface area contributed by atoms with E-state index in [9.17, 15) is 4.79 Å². The number of rotatable bonds is 3. The molecule has 1 saturated heterocycles. The average molecular weight is 454 g/mol. The second kappa shape index (κ2) is 8.13. The van der Waals surface area contributed by atoms with Crippen LogP contribution < -0.4 is 5.32 Å². The minimum Gasteiger partial charge on any atom is -0.367 e. The summed E-state index contributed by atoms with van der Waals surface area (Å²) in [6.45, 7) is 8.29. The number of hydrogen-bond acceptors (Lipinski definition) is 4. The quantitative estimate of drug-likeness (QED) is 0.754. The summed E-state index contributed by atoms with van der Waals surface area (Å²) in [6.07, 6.45) is 20.6. The molecule has 4 aliphatic rings. The van der Waals surface area contributed by atoms with Gasteiger partial charge in [0.05, 0.1) is 11.4 Å². The van der Waals surface area contributed by atoms with Crippen LogP contribution in [0.25, 0.3) is 11.2 Å². The fraction of sp³-hybridized carbons (Fsp3) is 0.357. The fourth-order valence-electron chi connectivity index (χ4n) is 5.33. The van der Waals surface area contributed by atoms with E-state index >= 15 is 0 Å². The molecule has 6 nitrogen and oxygen atoms in total. The van der Waals surface area contributed by atoms with Crippen molar-refractivity contribution in [3.8, 4) is 0 Å². The predicted octanol–water partition coefficient (Wildman–Crippen LogP) is 4.28. The number of aromatic nitrogens is 2. The highest BCUT2D eigenvalue weighted by Crippen LogP contribution is 2.42. The smallest absolute Gasteiger partial charge is 0.255 e. The molecule has 0 spiro atoms. The topological polar surface area (TPSA) is 52.9 Å². The van der Waals surface area contributed by atoms with Gasteiger partial charge in [0.1, 0.15) is 5.65 Å². The lowest BCUT2D eigenvalue weighted by Gasteiger charge is -2.39. The number of piperazine rings is 1. The Morgan fingerprint density at radius 1 is 1.03 bits per heavy atom. The normalized spacial score (nSPS) is 29.0. The molecule has 174 valence electrons. The third-order valence-corrected chi connectivity index (χ3v) is 7.00. The number of pyridine rings is 1. The third-order valence-electron chi connectivity index (χ3n) is 7.00. The van der Waals surface area contributed by atoms with Gasteiger partial charge in [0.15, 0.2) is 0 Å². The molecular formula is C28H31N5O. The van der Waals surface area contributed by atoms with E-state index in [1.165, 1.54) is 18.4 Å². The van der Waals surface area contributed by atoms with Gasteiger partial charge in [-0.05, 0) is 80.5 Å². The lowest BCUT2D eigenvalue weighted by Crippen LogP contribution is -2.53. The summed E-state index contributed by atoms with van der Waals surface area (Å²) >= 11 is 0. The lowest BCUT2D eigenvalue weighted by molar-refractivity contribution is -0.122. The van der Waals surface area contributed by atoms with Crippen LogP contribution in [-0.2, 0) is 4.79 Å². The van der Waals surface area contributed by atoms with Crippen LogP contribution in [0.4, 0.5) is 0 Å². The highest BCUT2D eigenvalue weighted by molar-refractivity contribution is 6.00. The predicted molar refractivity (Wildman–Crippen MR) is 135 cm³/mol. The van der Waals surface area contributed by atoms with Crippen molar-refractivity contribution in [1.29, 1.82) is 0 Å². The molecule has 0 radical (unpaired) electrons. The zero-order valence-corrected chi connectivity index (χ0v) is 20.0.